The molecule has 2 aromatic carbocycles. The second-order valence-corrected chi connectivity index (χ2v) is 6.73. The number of rotatable bonds is 8. The zero-order chi connectivity index (χ0) is 20.8. The molecule has 0 fully saturated rings. The van der Waals surface area contributed by atoms with Crippen molar-refractivity contribution in [1.29, 1.82) is 0 Å². The van der Waals surface area contributed by atoms with Gasteiger partial charge in [0.05, 0.1) is 21.3 Å². The number of ether oxygens (including phenoxy) is 4. The van der Waals surface area contributed by atoms with Gasteiger partial charge in [-0.3, -0.25) is 0 Å². The van der Waals surface area contributed by atoms with E-state index in [0.29, 0.717) is 35.2 Å². The van der Waals surface area contributed by atoms with Crippen molar-refractivity contribution in [2.45, 2.75) is 13.0 Å². The van der Waals surface area contributed by atoms with Crippen LogP contribution in [0.2, 0.25) is 5.02 Å². The van der Waals surface area contributed by atoms with E-state index in [1.165, 1.54) is 21.3 Å². The minimum absolute atomic E-state index is 0.0746. The van der Waals surface area contributed by atoms with E-state index >= 15 is 0 Å². The van der Waals surface area contributed by atoms with Crippen molar-refractivity contribution < 1.29 is 23.7 Å². The number of amides is 1. The van der Waals surface area contributed by atoms with Crippen LogP contribution < -0.4 is 19.5 Å². The number of aromatic nitrogens is 1. The van der Waals surface area contributed by atoms with Crippen molar-refractivity contribution in [3.63, 3.8) is 0 Å². The second-order valence-electron chi connectivity index (χ2n) is 6.29. The molecule has 0 aliphatic carbocycles. The Labute approximate surface area is 173 Å². The predicted octanol–water partition coefficient (Wildman–Crippen LogP) is 4.32. The van der Waals surface area contributed by atoms with Gasteiger partial charge in [0.25, 0.3) is 0 Å². The molecule has 0 bridgehead atoms. The molecule has 3 rings (SSSR count). The molecule has 7 nitrogen and oxygen atoms in total. The van der Waals surface area contributed by atoms with Gasteiger partial charge in [0.15, 0.2) is 11.5 Å². The molecule has 0 aliphatic rings. The van der Waals surface area contributed by atoms with Crippen LogP contribution in [0.25, 0.3) is 10.9 Å². The molecule has 1 aromatic heterocycles. The highest BCUT2D eigenvalue weighted by atomic mass is 35.5. The molecule has 0 radical (unpaired) electrons. The number of H-pyrrole nitrogens is 1. The molecule has 154 valence electrons. The summed E-state index contributed by atoms with van der Waals surface area (Å²) in [5, 5.41) is 4.48. The maximum atomic E-state index is 12.0. The predicted molar refractivity (Wildman–Crippen MR) is 111 cm³/mol. The van der Waals surface area contributed by atoms with Gasteiger partial charge in [0, 0.05) is 28.7 Å². The van der Waals surface area contributed by atoms with Crippen LogP contribution in [0.5, 0.6) is 17.2 Å². The highest BCUT2D eigenvalue weighted by Gasteiger charge is 2.14. The van der Waals surface area contributed by atoms with Crippen molar-refractivity contribution in [3.8, 4) is 17.2 Å². The van der Waals surface area contributed by atoms with Crippen molar-refractivity contribution in [1.82, 2.24) is 10.3 Å². The zero-order valence-electron chi connectivity index (χ0n) is 16.5. The van der Waals surface area contributed by atoms with Crippen LogP contribution in [0.4, 0.5) is 4.79 Å². The standard InChI is InChI=1S/C21H23ClN2O5/c1-26-18-8-13(9-19(27-2)20(18)28-3)12-29-21(25)23-7-6-14-11-24-17-5-4-15(22)10-16(14)17/h4-5,8-11,24H,6-7,12H2,1-3H3,(H,23,25). The normalized spacial score (nSPS) is 10.6. The van der Waals surface area contributed by atoms with E-state index in [0.717, 1.165) is 22.0 Å². The van der Waals surface area contributed by atoms with E-state index in [2.05, 4.69) is 10.3 Å². The van der Waals surface area contributed by atoms with Crippen LogP contribution in [-0.4, -0.2) is 39.0 Å². The number of methoxy groups -OCH3 is 3. The van der Waals surface area contributed by atoms with Crippen LogP contribution in [0.15, 0.2) is 36.5 Å². The molecular weight excluding hydrogens is 396 g/mol. The quantitative estimate of drug-likeness (QED) is 0.569. The average Bonchev–Trinajstić information content (AvgIpc) is 3.13. The first-order valence-corrected chi connectivity index (χ1v) is 9.38. The maximum absolute atomic E-state index is 12.0. The number of halogens is 1. The maximum Gasteiger partial charge on any atom is 0.407 e. The smallest absolute Gasteiger partial charge is 0.407 e. The summed E-state index contributed by atoms with van der Waals surface area (Å²) in [5.74, 6) is 1.50. The van der Waals surface area contributed by atoms with Gasteiger partial charge in [-0.2, -0.15) is 0 Å². The number of hydrogen-bond acceptors (Lipinski definition) is 5. The summed E-state index contributed by atoms with van der Waals surface area (Å²) in [6.45, 7) is 0.513. The average molecular weight is 419 g/mol. The Morgan fingerprint density at radius 2 is 1.79 bits per heavy atom. The lowest BCUT2D eigenvalue weighted by Crippen LogP contribution is -2.26. The number of nitrogens with one attached hydrogen (secondary N) is 2. The third-order valence-electron chi connectivity index (χ3n) is 4.49. The van der Waals surface area contributed by atoms with Gasteiger partial charge in [-0.1, -0.05) is 11.6 Å². The lowest BCUT2D eigenvalue weighted by atomic mass is 10.1. The molecule has 3 aromatic rings. The van der Waals surface area contributed by atoms with Crippen LogP contribution >= 0.6 is 11.6 Å². The fraction of sp³-hybridized carbons (Fsp3) is 0.286. The van der Waals surface area contributed by atoms with Crippen LogP contribution in [0, 0.1) is 0 Å². The summed E-state index contributed by atoms with van der Waals surface area (Å²) in [7, 11) is 4.60. The monoisotopic (exact) mass is 418 g/mol. The van der Waals surface area contributed by atoms with Crippen molar-refractivity contribution in [2.24, 2.45) is 0 Å². The number of carbonyl (C=O) groups excluding carboxylic acids is 1. The molecule has 0 spiro atoms. The molecule has 0 saturated heterocycles. The van der Waals surface area contributed by atoms with E-state index in [9.17, 15) is 4.79 Å². The Morgan fingerprint density at radius 3 is 2.45 bits per heavy atom. The van der Waals surface area contributed by atoms with Gasteiger partial charge in [-0.05, 0) is 47.9 Å². The summed E-state index contributed by atoms with van der Waals surface area (Å²) < 4.78 is 21.2. The summed E-state index contributed by atoms with van der Waals surface area (Å²) in [4.78, 5) is 15.2. The van der Waals surface area contributed by atoms with Crippen molar-refractivity contribution in [2.75, 3.05) is 27.9 Å². The molecule has 8 heteroatoms. The largest absolute Gasteiger partial charge is 0.493 e. The minimum Gasteiger partial charge on any atom is -0.493 e. The first-order valence-electron chi connectivity index (χ1n) is 9.00. The van der Waals surface area contributed by atoms with Crippen LogP contribution in [0.1, 0.15) is 11.1 Å². The highest BCUT2D eigenvalue weighted by Crippen LogP contribution is 2.38. The Balaban J connectivity index is 1.54. The molecule has 1 heterocycles. The fourth-order valence-electron chi connectivity index (χ4n) is 3.08. The number of alkyl carbamates (subject to hydrolysis) is 1. The van der Waals surface area contributed by atoms with Crippen LogP contribution in [-0.2, 0) is 17.8 Å². The zero-order valence-corrected chi connectivity index (χ0v) is 17.3. The van der Waals surface area contributed by atoms with Crippen molar-refractivity contribution >= 4 is 28.6 Å². The first-order chi connectivity index (χ1) is 14.0. The Hall–Kier alpha value is -3.06. The summed E-state index contributed by atoms with van der Waals surface area (Å²) in [5.41, 5.74) is 2.81. The number of carbonyl (C=O) groups is 1. The fourth-order valence-corrected chi connectivity index (χ4v) is 3.25. The van der Waals surface area contributed by atoms with Gasteiger partial charge in [0.2, 0.25) is 5.75 Å². The SMILES string of the molecule is COc1cc(COC(=O)NCCc2c[nH]c3ccc(Cl)cc23)cc(OC)c1OC. The summed E-state index contributed by atoms with van der Waals surface area (Å²) in [6.07, 6.45) is 2.07. The molecule has 0 unspecified atom stereocenters. The lowest BCUT2D eigenvalue weighted by Gasteiger charge is -2.14. The Morgan fingerprint density at radius 1 is 1.07 bits per heavy atom. The van der Waals surface area contributed by atoms with Gasteiger partial charge in [-0.25, -0.2) is 4.79 Å². The molecule has 29 heavy (non-hydrogen) atoms. The number of hydrogen-bond donors (Lipinski definition) is 2. The molecule has 0 saturated carbocycles. The first kappa shape index (κ1) is 20.7. The highest BCUT2D eigenvalue weighted by molar-refractivity contribution is 6.31. The summed E-state index contributed by atoms with van der Waals surface area (Å²) in [6, 6.07) is 9.16. The molecular formula is C21H23ClN2O5. The lowest BCUT2D eigenvalue weighted by molar-refractivity contribution is 0.139. The number of aromatic amines is 1. The van der Waals surface area contributed by atoms with E-state index in [-0.39, 0.29) is 6.61 Å². The van der Waals surface area contributed by atoms with Gasteiger partial charge < -0.3 is 29.2 Å². The Kier molecular flexibility index (Phi) is 6.72. The van der Waals surface area contributed by atoms with Gasteiger partial charge in [-0.15, -0.1) is 0 Å². The van der Waals surface area contributed by atoms with E-state index in [1.807, 2.05) is 24.4 Å². The van der Waals surface area contributed by atoms with Gasteiger partial charge >= 0.3 is 6.09 Å². The second kappa shape index (κ2) is 9.43. The Bertz CT molecular complexity index is 977. The minimum atomic E-state index is -0.503. The van der Waals surface area contributed by atoms with Crippen molar-refractivity contribution in [3.05, 3.63) is 52.7 Å². The third kappa shape index (κ3) is 4.86. The van der Waals surface area contributed by atoms with Gasteiger partial charge in [0.1, 0.15) is 6.61 Å². The number of benzene rings is 2. The molecule has 0 atom stereocenters. The van der Waals surface area contributed by atoms with Crippen LogP contribution in [0.3, 0.4) is 0 Å². The molecule has 2 N–H and O–H groups in total. The number of fused-ring (bicyclic) bond motifs is 1. The molecule has 0 aliphatic heterocycles. The molecule has 1 amide bonds. The van der Waals surface area contributed by atoms with E-state index in [4.69, 9.17) is 30.5 Å². The topological polar surface area (TPSA) is 81.8 Å². The summed E-state index contributed by atoms with van der Waals surface area (Å²) >= 11 is 6.06. The van der Waals surface area contributed by atoms with E-state index < -0.39 is 6.09 Å². The third-order valence-corrected chi connectivity index (χ3v) is 4.72. The van der Waals surface area contributed by atoms with E-state index in [1.54, 1.807) is 12.1 Å².